The number of hydrogen-bond acceptors (Lipinski definition) is 5. The Balaban J connectivity index is 1.17. The molecule has 0 bridgehead atoms. The molecular formula is C21H19N3O4. The Morgan fingerprint density at radius 2 is 1.93 bits per heavy atom. The van der Waals surface area contributed by atoms with Crippen LogP contribution in [0, 0.1) is 5.41 Å². The summed E-state index contributed by atoms with van der Waals surface area (Å²) < 4.78 is 5.88. The molecule has 1 aromatic carbocycles. The van der Waals surface area contributed by atoms with Crippen LogP contribution in [0.4, 0.5) is 0 Å². The third-order valence-electron chi connectivity index (χ3n) is 5.95. The molecule has 2 N–H and O–H groups in total. The molecule has 1 amide bonds. The molecular weight excluding hydrogens is 358 g/mol. The minimum atomic E-state index is -1.14. The first-order chi connectivity index (χ1) is 13.5. The Hall–Kier alpha value is -3.22. The Morgan fingerprint density at radius 3 is 2.68 bits per heavy atom. The monoisotopic (exact) mass is 377 g/mol. The molecule has 2 fully saturated rings. The van der Waals surface area contributed by atoms with Crippen LogP contribution in [0.25, 0.3) is 11.1 Å². The van der Waals surface area contributed by atoms with E-state index < -0.39 is 5.97 Å². The lowest BCUT2D eigenvalue weighted by molar-refractivity contribution is -0.0253. The molecule has 0 saturated heterocycles. The number of carboxylic acids is 1. The molecule has 2 aliphatic rings. The normalized spacial score (nSPS) is 25.9. The van der Waals surface area contributed by atoms with E-state index >= 15 is 0 Å². The van der Waals surface area contributed by atoms with E-state index in [9.17, 15) is 9.59 Å². The maximum atomic E-state index is 12.4. The number of aromatic carboxylic acids is 1. The van der Waals surface area contributed by atoms with E-state index in [1.807, 2.05) is 24.3 Å². The molecule has 28 heavy (non-hydrogen) atoms. The smallest absolute Gasteiger partial charge is 0.354 e. The number of nitrogens with one attached hydrogen (secondary N) is 1. The van der Waals surface area contributed by atoms with Crippen LogP contribution in [0.2, 0.25) is 0 Å². The maximum absolute atomic E-state index is 12.4. The zero-order valence-corrected chi connectivity index (χ0v) is 15.1. The Labute approximate surface area is 160 Å². The predicted octanol–water partition coefficient (Wildman–Crippen LogP) is 3.38. The van der Waals surface area contributed by atoms with Gasteiger partial charge < -0.3 is 14.8 Å². The van der Waals surface area contributed by atoms with Crippen LogP contribution in [0.1, 0.15) is 58.3 Å². The van der Waals surface area contributed by atoms with Crippen molar-refractivity contribution in [2.75, 3.05) is 0 Å². The van der Waals surface area contributed by atoms with Crippen LogP contribution in [-0.4, -0.2) is 33.0 Å². The molecule has 1 spiro atoms. The summed E-state index contributed by atoms with van der Waals surface area (Å²) in [5.41, 5.74) is 2.20. The van der Waals surface area contributed by atoms with E-state index in [0.717, 1.165) is 42.7 Å². The Morgan fingerprint density at radius 1 is 1.14 bits per heavy atom. The SMILES string of the molecule is O=C(NC1CC2(C1)CC(c1nc3ccccc3o1)C2)c1ccnc(C(=O)O)c1. The molecule has 7 heteroatoms. The first kappa shape index (κ1) is 16.9. The van der Waals surface area contributed by atoms with Gasteiger partial charge in [-0.05, 0) is 55.4 Å². The molecule has 0 aliphatic heterocycles. The van der Waals surface area contributed by atoms with Crippen molar-refractivity contribution in [2.45, 2.75) is 37.6 Å². The van der Waals surface area contributed by atoms with E-state index in [1.54, 1.807) is 0 Å². The fraction of sp³-hybridized carbons (Fsp3) is 0.333. The van der Waals surface area contributed by atoms with E-state index in [2.05, 4.69) is 15.3 Å². The van der Waals surface area contributed by atoms with Crippen LogP contribution >= 0.6 is 0 Å². The van der Waals surface area contributed by atoms with Crippen LogP contribution in [0.5, 0.6) is 0 Å². The topological polar surface area (TPSA) is 105 Å². The molecule has 2 aliphatic carbocycles. The molecule has 142 valence electrons. The minimum Gasteiger partial charge on any atom is -0.477 e. The number of fused-ring (bicyclic) bond motifs is 1. The number of para-hydroxylation sites is 2. The van der Waals surface area contributed by atoms with Gasteiger partial charge >= 0.3 is 5.97 Å². The second-order valence-corrected chi connectivity index (χ2v) is 7.94. The van der Waals surface area contributed by atoms with E-state index in [4.69, 9.17) is 9.52 Å². The van der Waals surface area contributed by atoms with Crippen LogP contribution in [0.15, 0.2) is 47.0 Å². The summed E-state index contributed by atoms with van der Waals surface area (Å²) in [6.07, 6.45) is 5.28. The second kappa shape index (κ2) is 6.15. The van der Waals surface area contributed by atoms with Crippen molar-refractivity contribution in [1.29, 1.82) is 0 Å². The highest BCUT2D eigenvalue weighted by Gasteiger charge is 2.54. The molecule has 5 rings (SSSR count). The highest BCUT2D eigenvalue weighted by Crippen LogP contribution is 2.61. The first-order valence-electron chi connectivity index (χ1n) is 9.37. The number of aromatic nitrogens is 2. The Bertz CT molecular complexity index is 1040. The minimum absolute atomic E-state index is 0.124. The third kappa shape index (κ3) is 2.83. The number of amides is 1. The van der Waals surface area contributed by atoms with E-state index in [-0.39, 0.29) is 23.1 Å². The number of rotatable bonds is 4. The van der Waals surface area contributed by atoms with Gasteiger partial charge in [0.15, 0.2) is 11.5 Å². The number of nitrogens with zero attached hydrogens (tertiary/aromatic N) is 2. The molecule has 2 aromatic heterocycles. The van der Waals surface area contributed by atoms with Crippen molar-refractivity contribution in [3.63, 3.8) is 0 Å². The quantitative estimate of drug-likeness (QED) is 0.722. The van der Waals surface area contributed by atoms with Gasteiger partial charge in [0.05, 0.1) is 0 Å². The average molecular weight is 377 g/mol. The van der Waals surface area contributed by atoms with Crippen LogP contribution in [0.3, 0.4) is 0 Å². The zero-order chi connectivity index (χ0) is 19.3. The van der Waals surface area contributed by atoms with Crippen molar-refractivity contribution < 1.29 is 19.1 Å². The lowest BCUT2D eigenvalue weighted by atomic mass is 9.50. The third-order valence-corrected chi connectivity index (χ3v) is 5.95. The number of carbonyl (C=O) groups excluding carboxylic acids is 1. The molecule has 3 aromatic rings. The number of benzene rings is 1. The van der Waals surface area contributed by atoms with Gasteiger partial charge in [-0.3, -0.25) is 4.79 Å². The molecule has 0 radical (unpaired) electrons. The lowest BCUT2D eigenvalue weighted by Gasteiger charge is -2.57. The summed E-state index contributed by atoms with van der Waals surface area (Å²) in [4.78, 5) is 31.7. The second-order valence-electron chi connectivity index (χ2n) is 7.94. The molecule has 2 heterocycles. The van der Waals surface area contributed by atoms with Gasteiger partial charge in [0, 0.05) is 23.7 Å². The summed E-state index contributed by atoms with van der Waals surface area (Å²) in [5.74, 6) is -0.226. The van der Waals surface area contributed by atoms with Crippen LogP contribution < -0.4 is 5.32 Å². The van der Waals surface area contributed by atoms with Crippen molar-refractivity contribution in [3.8, 4) is 0 Å². The number of carbonyl (C=O) groups is 2. The molecule has 2 saturated carbocycles. The van der Waals surface area contributed by atoms with E-state index in [0.29, 0.717) is 11.5 Å². The van der Waals surface area contributed by atoms with Gasteiger partial charge in [-0.25, -0.2) is 14.8 Å². The highest BCUT2D eigenvalue weighted by atomic mass is 16.4. The number of oxazole rings is 1. The molecule has 0 unspecified atom stereocenters. The fourth-order valence-corrected chi connectivity index (χ4v) is 4.60. The van der Waals surface area contributed by atoms with Gasteiger partial charge in [-0.1, -0.05) is 12.1 Å². The van der Waals surface area contributed by atoms with Gasteiger partial charge in [0.2, 0.25) is 0 Å². The van der Waals surface area contributed by atoms with Crippen molar-refractivity contribution in [3.05, 3.63) is 59.7 Å². The lowest BCUT2D eigenvalue weighted by Crippen LogP contribution is -2.55. The van der Waals surface area contributed by atoms with Gasteiger partial charge in [-0.2, -0.15) is 0 Å². The van der Waals surface area contributed by atoms with Gasteiger partial charge in [0.1, 0.15) is 11.2 Å². The number of carboxylic acid groups (broad SMARTS) is 1. The number of hydrogen-bond donors (Lipinski definition) is 2. The van der Waals surface area contributed by atoms with Crippen LogP contribution in [-0.2, 0) is 0 Å². The maximum Gasteiger partial charge on any atom is 0.354 e. The summed E-state index contributed by atoms with van der Waals surface area (Å²) in [7, 11) is 0. The molecule has 0 atom stereocenters. The first-order valence-corrected chi connectivity index (χ1v) is 9.37. The van der Waals surface area contributed by atoms with E-state index in [1.165, 1.54) is 18.3 Å². The summed E-state index contributed by atoms with van der Waals surface area (Å²) in [6.45, 7) is 0. The predicted molar refractivity (Wildman–Crippen MR) is 100 cm³/mol. The summed E-state index contributed by atoms with van der Waals surface area (Å²) >= 11 is 0. The Kier molecular flexibility index (Phi) is 3.72. The largest absolute Gasteiger partial charge is 0.477 e. The van der Waals surface area contributed by atoms with Crippen molar-refractivity contribution >= 4 is 23.0 Å². The average Bonchev–Trinajstić information content (AvgIpc) is 3.06. The summed E-state index contributed by atoms with van der Waals surface area (Å²) in [5, 5.41) is 12.0. The highest BCUT2D eigenvalue weighted by molar-refractivity contribution is 5.96. The van der Waals surface area contributed by atoms with Crippen molar-refractivity contribution in [1.82, 2.24) is 15.3 Å². The summed E-state index contributed by atoms with van der Waals surface area (Å²) in [6, 6.07) is 10.8. The van der Waals surface area contributed by atoms with Gasteiger partial charge in [0.25, 0.3) is 5.91 Å². The number of pyridine rings is 1. The fourth-order valence-electron chi connectivity index (χ4n) is 4.60. The standard InChI is InChI=1S/C21H19N3O4/c25-18(12-5-6-22-16(7-12)20(26)27)23-14-10-21(11-14)8-13(9-21)19-24-15-3-1-2-4-17(15)28-19/h1-7,13-14H,8-11H2,(H,23,25)(H,26,27). The van der Waals surface area contributed by atoms with Crippen molar-refractivity contribution in [2.24, 2.45) is 5.41 Å². The van der Waals surface area contributed by atoms with Gasteiger partial charge in [-0.15, -0.1) is 0 Å². The molecule has 7 nitrogen and oxygen atoms in total. The zero-order valence-electron chi connectivity index (χ0n) is 15.1.